The Morgan fingerprint density at radius 2 is 1.15 bits per heavy atom. The summed E-state index contributed by atoms with van der Waals surface area (Å²) in [6.07, 6.45) is 0. The molecule has 1 aromatic heterocycles. The van der Waals surface area contributed by atoms with Crippen molar-refractivity contribution >= 4 is 43.5 Å². The molecule has 27 heavy (non-hydrogen) atoms. The van der Waals surface area contributed by atoms with Crippen LogP contribution in [0.4, 0.5) is 0 Å². The summed E-state index contributed by atoms with van der Waals surface area (Å²) in [4.78, 5) is 0. The first-order chi connectivity index (χ1) is 13.4. The van der Waals surface area contributed by atoms with Crippen molar-refractivity contribution in [2.24, 2.45) is 0 Å². The summed E-state index contributed by atoms with van der Waals surface area (Å²) >= 11 is 0. The molecule has 0 saturated carbocycles. The van der Waals surface area contributed by atoms with Crippen LogP contribution in [0.2, 0.25) is 0 Å². The summed E-state index contributed by atoms with van der Waals surface area (Å²) in [5.41, 5.74) is 4.40. The Kier molecular flexibility index (Phi) is 2.95. The summed E-state index contributed by atoms with van der Waals surface area (Å²) in [6.45, 7) is 0. The Balaban J connectivity index is 1.80. The fraction of sp³-hybridized carbons (Fsp3) is 0. The second kappa shape index (κ2) is 5.46. The fourth-order valence-electron chi connectivity index (χ4n) is 4.18. The summed E-state index contributed by atoms with van der Waals surface area (Å²) in [5, 5.41) is 7.35. The lowest BCUT2D eigenvalue weighted by molar-refractivity contribution is 0.669. The minimum absolute atomic E-state index is 0.940. The third kappa shape index (κ3) is 2.12. The van der Waals surface area contributed by atoms with Crippen molar-refractivity contribution in [3.8, 4) is 11.1 Å². The second-order valence-corrected chi connectivity index (χ2v) is 7.00. The van der Waals surface area contributed by atoms with Crippen LogP contribution in [0.1, 0.15) is 0 Å². The molecule has 0 radical (unpaired) electrons. The highest BCUT2D eigenvalue weighted by Crippen LogP contribution is 2.38. The van der Waals surface area contributed by atoms with Crippen molar-refractivity contribution in [2.75, 3.05) is 0 Å². The van der Waals surface area contributed by atoms with E-state index in [1.165, 1.54) is 43.4 Å². The standard InChI is InChI=1S/C26H16O/c1-2-8-17(9-3-1)22-14-18-15-24-21-12-6-7-13-25(21)27-26(24)16-23(18)20-11-5-4-10-19(20)22/h1-16H. The first kappa shape index (κ1) is 14.6. The number of hydrogen-bond acceptors (Lipinski definition) is 1. The van der Waals surface area contributed by atoms with Crippen molar-refractivity contribution in [1.82, 2.24) is 0 Å². The van der Waals surface area contributed by atoms with E-state index in [0.29, 0.717) is 0 Å². The first-order valence-corrected chi connectivity index (χ1v) is 9.21. The van der Waals surface area contributed by atoms with Gasteiger partial charge in [0.05, 0.1) is 0 Å². The Hall–Kier alpha value is -3.58. The van der Waals surface area contributed by atoms with E-state index in [1.54, 1.807) is 0 Å². The van der Waals surface area contributed by atoms with E-state index in [0.717, 1.165) is 11.2 Å². The monoisotopic (exact) mass is 344 g/mol. The third-order valence-electron chi connectivity index (χ3n) is 5.44. The summed E-state index contributed by atoms with van der Waals surface area (Å²) in [5.74, 6) is 0. The SMILES string of the molecule is c1ccc(-c2cc3cc4c(cc3c3ccccc23)oc2ccccc24)cc1. The van der Waals surface area contributed by atoms with Crippen LogP contribution in [0.5, 0.6) is 0 Å². The first-order valence-electron chi connectivity index (χ1n) is 9.21. The van der Waals surface area contributed by atoms with Gasteiger partial charge in [-0.05, 0) is 56.9 Å². The molecule has 0 aliphatic heterocycles. The van der Waals surface area contributed by atoms with Crippen molar-refractivity contribution in [2.45, 2.75) is 0 Å². The van der Waals surface area contributed by atoms with E-state index in [1.807, 2.05) is 12.1 Å². The maximum absolute atomic E-state index is 6.12. The number of para-hydroxylation sites is 1. The maximum Gasteiger partial charge on any atom is 0.136 e. The predicted octanol–water partition coefficient (Wildman–Crippen LogP) is 7.56. The second-order valence-electron chi connectivity index (χ2n) is 7.00. The van der Waals surface area contributed by atoms with E-state index < -0.39 is 0 Å². The van der Waals surface area contributed by atoms with Crippen LogP contribution < -0.4 is 0 Å². The molecule has 1 heterocycles. The average molecular weight is 344 g/mol. The van der Waals surface area contributed by atoms with Gasteiger partial charge in [0.15, 0.2) is 0 Å². The highest BCUT2D eigenvalue weighted by atomic mass is 16.3. The zero-order valence-corrected chi connectivity index (χ0v) is 14.6. The van der Waals surface area contributed by atoms with Crippen LogP contribution in [0, 0.1) is 0 Å². The molecule has 0 atom stereocenters. The highest BCUT2D eigenvalue weighted by Gasteiger charge is 2.12. The van der Waals surface area contributed by atoms with Gasteiger partial charge >= 0.3 is 0 Å². The van der Waals surface area contributed by atoms with E-state index in [-0.39, 0.29) is 0 Å². The predicted molar refractivity (Wildman–Crippen MR) is 114 cm³/mol. The number of furan rings is 1. The smallest absolute Gasteiger partial charge is 0.136 e. The van der Waals surface area contributed by atoms with Crippen LogP contribution in [-0.4, -0.2) is 0 Å². The van der Waals surface area contributed by atoms with Gasteiger partial charge in [0.25, 0.3) is 0 Å². The number of hydrogen-bond donors (Lipinski definition) is 0. The molecular weight excluding hydrogens is 328 g/mol. The van der Waals surface area contributed by atoms with Crippen molar-refractivity contribution < 1.29 is 4.42 Å². The Morgan fingerprint density at radius 3 is 2.00 bits per heavy atom. The summed E-state index contributed by atoms with van der Waals surface area (Å²) in [6, 6.07) is 34.3. The highest BCUT2D eigenvalue weighted by molar-refractivity contribution is 6.19. The summed E-state index contributed by atoms with van der Waals surface area (Å²) < 4.78 is 6.12. The largest absolute Gasteiger partial charge is 0.456 e. The van der Waals surface area contributed by atoms with E-state index in [9.17, 15) is 0 Å². The molecule has 0 aliphatic rings. The molecule has 1 heteroatoms. The minimum Gasteiger partial charge on any atom is -0.456 e. The normalized spacial score (nSPS) is 11.7. The molecule has 0 spiro atoms. The molecule has 126 valence electrons. The molecule has 0 bridgehead atoms. The van der Waals surface area contributed by atoms with E-state index in [4.69, 9.17) is 4.42 Å². The van der Waals surface area contributed by atoms with Gasteiger partial charge in [-0.3, -0.25) is 0 Å². The van der Waals surface area contributed by atoms with Gasteiger partial charge in [-0.1, -0.05) is 72.8 Å². The van der Waals surface area contributed by atoms with E-state index >= 15 is 0 Å². The van der Waals surface area contributed by atoms with Gasteiger partial charge in [-0.25, -0.2) is 0 Å². The summed E-state index contributed by atoms with van der Waals surface area (Å²) in [7, 11) is 0. The molecule has 0 N–H and O–H groups in total. The average Bonchev–Trinajstić information content (AvgIpc) is 3.10. The number of rotatable bonds is 1. The Bertz CT molecular complexity index is 1460. The van der Waals surface area contributed by atoms with E-state index in [2.05, 4.69) is 84.9 Å². The molecule has 0 amide bonds. The Morgan fingerprint density at radius 1 is 0.444 bits per heavy atom. The molecule has 0 saturated heterocycles. The maximum atomic E-state index is 6.12. The zero-order valence-electron chi connectivity index (χ0n) is 14.6. The van der Waals surface area contributed by atoms with Crippen LogP contribution >= 0.6 is 0 Å². The molecule has 0 unspecified atom stereocenters. The lowest BCUT2D eigenvalue weighted by Gasteiger charge is -2.11. The van der Waals surface area contributed by atoms with Crippen LogP contribution in [0.15, 0.2) is 101 Å². The molecule has 0 fully saturated rings. The van der Waals surface area contributed by atoms with Gasteiger partial charge < -0.3 is 4.42 Å². The van der Waals surface area contributed by atoms with Crippen LogP contribution in [0.25, 0.3) is 54.6 Å². The number of benzene rings is 5. The fourth-order valence-corrected chi connectivity index (χ4v) is 4.18. The van der Waals surface area contributed by atoms with Crippen molar-refractivity contribution in [3.05, 3.63) is 97.1 Å². The molecule has 1 nitrogen and oxygen atoms in total. The molecule has 0 aliphatic carbocycles. The molecular formula is C26H16O. The minimum atomic E-state index is 0.940. The Labute approximate surface area is 156 Å². The van der Waals surface area contributed by atoms with Gasteiger partial charge in [0, 0.05) is 10.8 Å². The zero-order chi connectivity index (χ0) is 17.8. The molecule has 6 rings (SSSR count). The quantitative estimate of drug-likeness (QED) is 0.280. The number of fused-ring (bicyclic) bond motifs is 6. The van der Waals surface area contributed by atoms with Gasteiger partial charge in [-0.15, -0.1) is 0 Å². The lowest BCUT2D eigenvalue weighted by Crippen LogP contribution is -1.84. The van der Waals surface area contributed by atoms with Crippen molar-refractivity contribution in [3.63, 3.8) is 0 Å². The van der Waals surface area contributed by atoms with Gasteiger partial charge in [0.1, 0.15) is 11.2 Å². The molecule has 5 aromatic carbocycles. The van der Waals surface area contributed by atoms with Gasteiger partial charge in [-0.2, -0.15) is 0 Å². The third-order valence-corrected chi connectivity index (χ3v) is 5.44. The van der Waals surface area contributed by atoms with Crippen LogP contribution in [0.3, 0.4) is 0 Å². The van der Waals surface area contributed by atoms with Gasteiger partial charge in [0.2, 0.25) is 0 Å². The lowest BCUT2D eigenvalue weighted by atomic mass is 9.92. The van der Waals surface area contributed by atoms with Crippen molar-refractivity contribution in [1.29, 1.82) is 0 Å². The van der Waals surface area contributed by atoms with Crippen LogP contribution in [-0.2, 0) is 0 Å². The molecule has 6 aromatic rings. The topological polar surface area (TPSA) is 13.1 Å².